The summed E-state index contributed by atoms with van der Waals surface area (Å²) in [6.45, 7) is 4.71. The molecule has 0 aliphatic rings. The second kappa shape index (κ2) is 8.67. The van der Waals surface area contributed by atoms with Gasteiger partial charge >= 0.3 is 0 Å². The van der Waals surface area contributed by atoms with Crippen LogP contribution in [-0.4, -0.2) is 36.2 Å². The van der Waals surface area contributed by atoms with Gasteiger partial charge in [-0.05, 0) is 12.0 Å². The molecule has 19 heavy (non-hydrogen) atoms. The number of hydrogen-bond acceptors (Lipinski definition) is 3. The molecule has 0 unspecified atom stereocenters. The maximum Gasteiger partial charge on any atom is 0.221 e. The summed E-state index contributed by atoms with van der Waals surface area (Å²) in [6.07, 6.45) is 1.09. The minimum atomic E-state index is -0.214. The van der Waals surface area contributed by atoms with Gasteiger partial charge in [0.25, 0.3) is 0 Å². The smallest absolute Gasteiger partial charge is 0.221 e. The van der Waals surface area contributed by atoms with Crippen molar-refractivity contribution in [3.8, 4) is 0 Å². The van der Waals surface area contributed by atoms with Gasteiger partial charge in [0, 0.05) is 19.0 Å². The third kappa shape index (κ3) is 6.94. The van der Waals surface area contributed by atoms with Crippen molar-refractivity contribution in [2.24, 2.45) is 0 Å². The number of aliphatic hydroxyl groups excluding tert-OH is 1. The molecule has 0 radical (unpaired) electrons. The number of rotatable bonds is 8. The standard InChI is InChI=1S/C15H24N2O2/c1-12(2)16-9-8-15(19)17-14(11-18)10-13-6-4-3-5-7-13/h3-7,12,14,16,18H,8-11H2,1-2H3,(H,17,19)/t14-/m0/s1. The molecule has 1 aromatic carbocycles. The third-order valence-corrected chi connectivity index (χ3v) is 2.82. The highest BCUT2D eigenvalue weighted by Crippen LogP contribution is 2.03. The maximum atomic E-state index is 11.7. The number of aliphatic hydroxyl groups is 1. The fourth-order valence-corrected chi connectivity index (χ4v) is 1.83. The van der Waals surface area contributed by atoms with Gasteiger partial charge in [-0.3, -0.25) is 4.79 Å². The van der Waals surface area contributed by atoms with E-state index in [2.05, 4.69) is 10.6 Å². The number of carbonyl (C=O) groups is 1. The number of hydrogen-bond donors (Lipinski definition) is 3. The van der Waals surface area contributed by atoms with E-state index in [0.29, 0.717) is 25.4 Å². The second-order valence-electron chi connectivity index (χ2n) is 5.00. The average molecular weight is 264 g/mol. The lowest BCUT2D eigenvalue weighted by atomic mass is 10.1. The normalized spacial score (nSPS) is 12.4. The topological polar surface area (TPSA) is 61.4 Å². The molecule has 0 saturated heterocycles. The van der Waals surface area contributed by atoms with Crippen molar-refractivity contribution in [2.45, 2.75) is 38.8 Å². The first-order chi connectivity index (χ1) is 9.11. The maximum absolute atomic E-state index is 11.7. The molecule has 1 atom stereocenters. The first-order valence-electron chi connectivity index (χ1n) is 6.79. The Kier molecular flexibility index (Phi) is 7.15. The Morgan fingerprint density at radius 1 is 1.26 bits per heavy atom. The molecule has 1 amide bonds. The number of amides is 1. The Balaban J connectivity index is 2.33. The summed E-state index contributed by atoms with van der Waals surface area (Å²) in [5.41, 5.74) is 1.11. The van der Waals surface area contributed by atoms with Crippen molar-refractivity contribution in [1.29, 1.82) is 0 Å². The van der Waals surface area contributed by atoms with E-state index in [9.17, 15) is 9.90 Å². The zero-order valence-electron chi connectivity index (χ0n) is 11.7. The van der Waals surface area contributed by atoms with Crippen LogP contribution in [0.3, 0.4) is 0 Å². The predicted molar refractivity (Wildman–Crippen MR) is 76.9 cm³/mol. The first-order valence-corrected chi connectivity index (χ1v) is 6.79. The summed E-state index contributed by atoms with van der Waals surface area (Å²) in [4.78, 5) is 11.7. The van der Waals surface area contributed by atoms with Gasteiger partial charge in [0.15, 0.2) is 0 Å². The van der Waals surface area contributed by atoms with Crippen LogP contribution in [0.1, 0.15) is 25.8 Å². The van der Waals surface area contributed by atoms with E-state index in [1.54, 1.807) is 0 Å². The molecule has 4 heteroatoms. The van der Waals surface area contributed by atoms with E-state index in [1.165, 1.54) is 0 Å². The number of carbonyl (C=O) groups excluding carboxylic acids is 1. The van der Waals surface area contributed by atoms with Crippen LogP contribution in [0.25, 0.3) is 0 Å². The summed E-state index contributed by atoms with van der Waals surface area (Å²) in [5, 5.41) is 15.4. The first kappa shape index (κ1) is 15.7. The van der Waals surface area contributed by atoms with Crippen LogP contribution in [0.15, 0.2) is 30.3 Å². The molecule has 0 spiro atoms. The molecule has 0 saturated carbocycles. The van der Waals surface area contributed by atoms with Gasteiger partial charge in [-0.1, -0.05) is 44.2 Å². The summed E-state index contributed by atoms with van der Waals surface area (Å²) in [7, 11) is 0. The van der Waals surface area contributed by atoms with Crippen molar-refractivity contribution < 1.29 is 9.90 Å². The van der Waals surface area contributed by atoms with Gasteiger partial charge < -0.3 is 15.7 Å². The van der Waals surface area contributed by atoms with E-state index in [0.717, 1.165) is 5.56 Å². The summed E-state index contributed by atoms with van der Waals surface area (Å²) in [6, 6.07) is 10.0. The molecule has 0 bridgehead atoms. The van der Waals surface area contributed by atoms with Gasteiger partial charge in [0.1, 0.15) is 0 Å². The van der Waals surface area contributed by atoms with E-state index in [4.69, 9.17) is 0 Å². The molecule has 0 aliphatic carbocycles. The molecule has 4 nitrogen and oxygen atoms in total. The Morgan fingerprint density at radius 2 is 1.95 bits per heavy atom. The quantitative estimate of drug-likeness (QED) is 0.659. The summed E-state index contributed by atoms with van der Waals surface area (Å²) >= 11 is 0. The van der Waals surface area contributed by atoms with Crippen LogP contribution in [0, 0.1) is 0 Å². The van der Waals surface area contributed by atoms with E-state index < -0.39 is 0 Å². The minimum absolute atomic E-state index is 0.0249. The molecule has 0 aliphatic heterocycles. The third-order valence-electron chi connectivity index (χ3n) is 2.82. The summed E-state index contributed by atoms with van der Waals surface area (Å²) < 4.78 is 0. The Hall–Kier alpha value is -1.39. The molecule has 0 heterocycles. The van der Waals surface area contributed by atoms with Crippen molar-refractivity contribution in [3.63, 3.8) is 0 Å². The molecular formula is C15H24N2O2. The minimum Gasteiger partial charge on any atom is -0.394 e. The fraction of sp³-hybridized carbons (Fsp3) is 0.533. The van der Waals surface area contributed by atoms with E-state index in [1.807, 2.05) is 44.2 Å². The molecule has 3 N–H and O–H groups in total. The highest BCUT2D eigenvalue weighted by atomic mass is 16.3. The lowest BCUT2D eigenvalue weighted by Crippen LogP contribution is -2.40. The van der Waals surface area contributed by atoms with Crippen LogP contribution in [0.2, 0.25) is 0 Å². The lowest BCUT2D eigenvalue weighted by Gasteiger charge is -2.17. The van der Waals surface area contributed by atoms with E-state index >= 15 is 0 Å². The van der Waals surface area contributed by atoms with Gasteiger partial charge in [0.05, 0.1) is 12.6 Å². The second-order valence-corrected chi connectivity index (χ2v) is 5.00. The Labute approximate surface area is 115 Å². The highest BCUT2D eigenvalue weighted by molar-refractivity contribution is 5.76. The number of nitrogens with one attached hydrogen (secondary N) is 2. The van der Waals surface area contributed by atoms with Crippen LogP contribution in [0.5, 0.6) is 0 Å². The Morgan fingerprint density at radius 3 is 2.53 bits per heavy atom. The predicted octanol–water partition coefficient (Wildman–Crippen LogP) is 1.09. The van der Waals surface area contributed by atoms with Crippen LogP contribution in [0.4, 0.5) is 0 Å². The van der Waals surface area contributed by atoms with Crippen molar-refractivity contribution >= 4 is 5.91 Å². The SMILES string of the molecule is CC(C)NCCC(=O)N[C@H](CO)Cc1ccccc1. The fourth-order valence-electron chi connectivity index (χ4n) is 1.83. The molecule has 1 rings (SSSR count). The molecule has 0 aromatic heterocycles. The highest BCUT2D eigenvalue weighted by Gasteiger charge is 2.11. The van der Waals surface area contributed by atoms with Gasteiger partial charge in [0.2, 0.25) is 5.91 Å². The zero-order chi connectivity index (χ0) is 14.1. The number of benzene rings is 1. The molecule has 1 aromatic rings. The molecule has 0 fully saturated rings. The van der Waals surface area contributed by atoms with Crippen LogP contribution < -0.4 is 10.6 Å². The molecule has 106 valence electrons. The zero-order valence-corrected chi connectivity index (χ0v) is 11.7. The Bertz CT molecular complexity index is 366. The van der Waals surface area contributed by atoms with Crippen LogP contribution >= 0.6 is 0 Å². The largest absolute Gasteiger partial charge is 0.394 e. The van der Waals surface area contributed by atoms with Crippen molar-refractivity contribution in [2.75, 3.05) is 13.2 Å². The average Bonchev–Trinajstić information content (AvgIpc) is 2.38. The molecular weight excluding hydrogens is 240 g/mol. The van der Waals surface area contributed by atoms with Crippen molar-refractivity contribution in [3.05, 3.63) is 35.9 Å². The van der Waals surface area contributed by atoms with Gasteiger partial charge in [-0.15, -0.1) is 0 Å². The lowest BCUT2D eigenvalue weighted by molar-refractivity contribution is -0.122. The van der Waals surface area contributed by atoms with Gasteiger partial charge in [-0.2, -0.15) is 0 Å². The van der Waals surface area contributed by atoms with Crippen LogP contribution in [-0.2, 0) is 11.2 Å². The summed E-state index contributed by atoms with van der Waals surface area (Å²) in [5.74, 6) is -0.0249. The van der Waals surface area contributed by atoms with Crippen molar-refractivity contribution in [1.82, 2.24) is 10.6 Å². The monoisotopic (exact) mass is 264 g/mol. The van der Waals surface area contributed by atoms with E-state index in [-0.39, 0.29) is 18.6 Å². The van der Waals surface area contributed by atoms with Gasteiger partial charge in [-0.25, -0.2) is 0 Å².